The first-order valence-electron chi connectivity index (χ1n) is 7.89. The normalized spacial score (nSPS) is 16.3. The van der Waals surface area contributed by atoms with Gasteiger partial charge in [-0.1, -0.05) is 30.3 Å². The predicted molar refractivity (Wildman–Crippen MR) is 93.2 cm³/mol. The molecule has 1 aromatic rings. The van der Waals surface area contributed by atoms with E-state index < -0.39 is 0 Å². The third-order valence-corrected chi connectivity index (χ3v) is 4.23. The number of nitrogens with zero attached hydrogens (tertiary/aromatic N) is 1. The summed E-state index contributed by atoms with van der Waals surface area (Å²) >= 11 is 0. The molecule has 1 aliphatic heterocycles. The van der Waals surface area contributed by atoms with Crippen LogP contribution in [0.15, 0.2) is 30.3 Å². The first kappa shape index (κ1) is 19.5. The third kappa shape index (κ3) is 6.20. The van der Waals surface area contributed by atoms with Crippen LogP contribution in [0, 0.1) is 5.92 Å². The molecule has 5 nitrogen and oxygen atoms in total. The van der Waals surface area contributed by atoms with Gasteiger partial charge in [0.05, 0.1) is 0 Å². The molecule has 1 unspecified atom stereocenters. The number of nitrogens with two attached hydrogens (primary N) is 1. The Morgan fingerprint density at radius 3 is 2.43 bits per heavy atom. The van der Waals surface area contributed by atoms with Gasteiger partial charge in [-0.2, -0.15) is 0 Å². The van der Waals surface area contributed by atoms with Crippen molar-refractivity contribution in [3.05, 3.63) is 35.9 Å². The zero-order valence-corrected chi connectivity index (χ0v) is 14.3. The summed E-state index contributed by atoms with van der Waals surface area (Å²) in [6, 6.07) is 9.49. The zero-order chi connectivity index (χ0) is 15.9. The molecule has 128 valence electrons. The minimum Gasteiger partial charge on any atom is -0.356 e. The van der Waals surface area contributed by atoms with Crippen LogP contribution in [0.1, 0.15) is 37.8 Å². The number of amides is 2. The highest BCUT2D eigenvalue weighted by atomic mass is 35.5. The van der Waals surface area contributed by atoms with E-state index in [0.29, 0.717) is 18.9 Å². The minimum atomic E-state index is -0.245. The van der Waals surface area contributed by atoms with Crippen molar-refractivity contribution in [2.45, 2.75) is 32.2 Å². The van der Waals surface area contributed by atoms with E-state index in [2.05, 4.69) is 5.32 Å². The predicted octanol–water partition coefficient (Wildman–Crippen LogP) is 1.87. The number of carbonyl (C=O) groups excluding carboxylic acids is 2. The molecule has 6 heteroatoms. The molecule has 0 aliphatic carbocycles. The summed E-state index contributed by atoms with van der Waals surface area (Å²) in [4.78, 5) is 25.2. The van der Waals surface area contributed by atoms with Gasteiger partial charge in [-0.25, -0.2) is 0 Å². The number of carbonyl (C=O) groups is 2. The first-order chi connectivity index (χ1) is 10.6. The SMILES string of the molecule is CC(=O)NCC1CCN(C(=O)CC(N)c2ccccc2)CC1.Cl. The lowest BCUT2D eigenvalue weighted by Crippen LogP contribution is -2.42. The molecule has 1 aromatic carbocycles. The number of hydrogen-bond acceptors (Lipinski definition) is 3. The summed E-state index contributed by atoms with van der Waals surface area (Å²) in [7, 11) is 0. The lowest BCUT2D eigenvalue weighted by molar-refractivity contribution is -0.133. The van der Waals surface area contributed by atoms with Crippen LogP contribution in [0.2, 0.25) is 0 Å². The number of halogens is 1. The Labute approximate surface area is 144 Å². The molecule has 0 spiro atoms. The Hall–Kier alpha value is -1.59. The van der Waals surface area contributed by atoms with Gasteiger partial charge in [0.15, 0.2) is 0 Å². The van der Waals surface area contributed by atoms with Crippen LogP contribution in [0.5, 0.6) is 0 Å². The van der Waals surface area contributed by atoms with E-state index in [1.165, 1.54) is 6.92 Å². The number of rotatable bonds is 5. The first-order valence-corrected chi connectivity index (χ1v) is 7.89. The molecular weight excluding hydrogens is 314 g/mol. The van der Waals surface area contributed by atoms with Crippen molar-refractivity contribution in [3.63, 3.8) is 0 Å². The quantitative estimate of drug-likeness (QED) is 0.860. The fourth-order valence-corrected chi connectivity index (χ4v) is 2.81. The van der Waals surface area contributed by atoms with Crippen LogP contribution in [0.3, 0.4) is 0 Å². The van der Waals surface area contributed by atoms with Gasteiger partial charge in [0.1, 0.15) is 0 Å². The van der Waals surface area contributed by atoms with E-state index in [1.54, 1.807) is 0 Å². The molecule has 0 bridgehead atoms. The van der Waals surface area contributed by atoms with Crippen molar-refractivity contribution < 1.29 is 9.59 Å². The summed E-state index contributed by atoms with van der Waals surface area (Å²) in [5.41, 5.74) is 7.11. The van der Waals surface area contributed by atoms with E-state index in [0.717, 1.165) is 31.5 Å². The molecule has 1 aliphatic rings. The largest absolute Gasteiger partial charge is 0.356 e. The van der Waals surface area contributed by atoms with Crippen molar-refractivity contribution in [1.29, 1.82) is 0 Å². The Kier molecular flexibility index (Phi) is 8.06. The van der Waals surface area contributed by atoms with Gasteiger partial charge >= 0.3 is 0 Å². The standard InChI is InChI=1S/C17H25N3O2.ClH/c1-13(21)19-12-14-7-9-20(10-8-14)17(22)11-16(18)15-5-3-2-4-6-15;/h2-6,14,16H,7-12,18H2,1H3,(H,19,21);1H. The maximum Gasteiger partial charge on any atom is 0.224 e. The topological polar surface area (TPSA) is 75.4 Å². The fraction of sp³-hybridized carbons (Fsp3) is 0.529. The lowest BCUT2D eigenvalue weighted by atomic mass is 9.96. The van der Waals surface area contributed by atoms with E-state index >= 15 is 0 Å². The summed E-state index contributed by atoms with van der Waals surface area (Å²) < 4.78 is 0. The second-order valence-corrected chi connectivity index (χ2v) is 5.98. The van der Waals surface area contributed by atoms with Crippen molar-refractivity contribution in [1.82, 2.24) is 10.2 Å². The van der Waals surface area contributed by atoms with Gasteiger partial charge in [0.25, 0.3) is 0 Å². The summed E-state index contributed by atoms with van der Waals surface area (Å²) in [6.07, 6.45) is 2.22. The van der Waals surface area contributed by atoms with Gasteiger partial charge in [0.2, 0.25) is 11.8 Å². The number of hydrogen-bond donors (Lipinski definition) is 2. The average Bonchev–Trinajstić information content (AvgIpc) is 2.54. The van der Waals surface area contributed by atoms with E-state index in [-0.39, 0.29) is 30.3 Å². The van der Waals surface area contributed by atoms with Gasteiger partial charge in [-0.3, -0.25) is 9.59 Å². The van der Waals surface area contributed by atoms with Gasteiger partial charge in [0, 0.05) is 39.0 Å². The lowest BCUT2D eigenvalue weighted by Gasteiger charge is -2.32. The number of benzene rings is 1. The Bertz CT molecular complexity index is 502. The van der Waals surface area contributed by atoms with Crippen molar-refractivity contribution in [2.24, 2.45) is 11.7 Å². The Morgan fingerprint density at radius 1 is 1.26 bits per heavy atom. The van der Waals surface area contributed by atoms with Crippen molar-refractivity contribution in [3.8, 4) is 0 Å². The molecule has 23 heavy (non-hydrogen) atoms. The summed E-state index contributed by atoms with van der Waals surface area (Å²) in [5, 5.41) is 2.85. The number of piperidine rings is 1. The van der Waals surface area contributed by atoms with Crippen LogP contribution in [-0.2, 0) is 9.59 Å². The average molecular weight is 340 g/mol. The zero-order valence-electron chi connectivity index (χ0n) is 13.5. The van der Waals surface area contributed by atoms with Crippen LogP contribution in [-0.4, -0.2) is 36.3 Å². The Morgan fingerprint density at radius 2 is 1.87 bits per heavy atom. The summed E-state index contributed by atoms with van der Waals surface area (Å²) in [6.45, 7) is 3.75. The third-order valence-electron chi connectivity index (χ3n) is 4.23. The molecule has 2 rings (SSSR count). The molecule has 2 amide bonds. The molecule has 1 heterocycles. The van der Waals surface area contributed by atoms with Gasteiger partial charge < -0.3 is 16.0 Å². The molecule has 0 aromatic heterocycles. The highest BCUT2D eigenvalue weighted by molar-refractivity contribution is 5.85. The second kappa shape index (κ2) is 9.53. The molecule has 0 saturated carbocycles. The maximum absolute atomic E-state index is 12.3. The molecule has 3 N–H and O–H groups in total. The highest BCUT2D eigenvalue weighted by Gasteiger charge is 2.24. The smallest absolute Gasteiger partial charge is 0.224 e. The molecular formula is C17H26ClN3O2. The highest BCUT2D eigenvalue weighted by Crippen LogP contribution is 2.20. The van der Waals surface area contributed by atoms with Crippen LogP contribution >= 0.6 is 12.4 Å². The van der Waals surface area contributed by atoms with Gasteiger partial charge in [-0.15, -0.1) is 12.4 Å². The van der Waals surface area contributed by atoms with Crippen LogP contribution in [0.4, 0.5) is 0 Å². The number of likely N-dealkylation sites (tertiary alicyclic amines) is 1. The van der Waals surface area contributed by atoms with Crippen molar-refractivity contribution in [2.75, 3.05) is 19.6 Å². The van der Waals surface area contributed by atoms with E-state index in [1.807, 2.05) is 35.2 Å². The Balaban J connectivity index is 0.00000264. The van der Waals surface area contributed by atoms with Crippen LogP contribution < -0.4 is 11.1 Å². The van der Waals surface area contributed by atoms with Crippen LogP contribution in [0.25, 0.3) is 0 Å². The molecule has 0 radical (unpaired) electrons. The van der Waals surface area contributed by atoms with Gasteiger partial charge in [-0.05, 0) is 24.3 Å². The number of nitrogens with one attached hydrogen (secondary N) is 1. The molecule has 1 fully saturated rings. The fourth-order valence-electron chi connectivity index (χ4n) is 2.81. The monoisotopic (exact) mass is 339 g/mol. The summed E-state index contributed by atoms with van der Waals surface area (Å²) in [5.74, 6) is 0.595. The minimum absolute atomic E-state index is 0. The van der Waals surface area contributed by atoms with E-state index in [4.69, 9.17) is 5.73 Å². The maximum atomic E-state index is 12.3. The molecule has 1 atom stereocenters. The van der Waals surface area contributed by atoms with Crippen molar-refractivity contribution >= 4 is 24.2 Å². The van der Waals surface area contributed by atoms with E-state index in [9.17, 15) is 9.59 Å². The second-order valence-electron chi connectivity index (χ2n) is 5.98. The molecule has 1 saturated heterocycles.